The molecule has 5 nitrogen and oxygen atoms in total. The number of carbonyl (C=O) groups is 2. The molecule has 0 unspecified atom stereocenters. The van der Waals surface area contributed by atoms with Gasteiger partial charge in [0.25, 0.3) is 5.91 Å². The molecule has 0 atom stereocenters. The van der Waals surface area contributed by atoms with Crippen molar-refractivity contribution >= 4 is 23.2 Å². The molecule has 0 aromatic carbocycles. The summed E-state index contributed by atoms with van der Waals surface area (Å²) in [4.78, 5) is 23.4. The maximum Gasteiger partial charge on any atom is 0.338 e. The molecular formula is C12H11NO4S. The van der Waals surface area contributed by atoms with Crippen LogP contribution in [0.2, 0.25) is 0 Å². The summed E-state index contributed by atoms with van der Waals surface area (Å²) >= 11 is 1.56. The zero-order chi connectivity index (χ0) is 13.1. The minimum atomic E-state index is -1.12. The fraction of sp³-hybridized carbons (Fsp3) is 0.167. The van der Waals surface area contributed by atoms with E-state index in [1.165, 1.54) is 6.07 Å². The summed E-state index contributed by atoms with van der Waals surface area (Å²) in [6.07, 6.45) is 1.05. The van der Waals surface area contributed by atoms with E-state index in [4.69, 9.17) is 9.52 Å². The number of hydrogen-bond donors (Lipinski definition) is 2. The highest BCUT2D eigenvalue weighted by Gasteiger charge is 2.14. The second kappa shape index (κ2) is 5.05. The quantitative estimate of drug-likeness (QED) is 0.888. The second-order valence-electron chi connectivity index (χ2n) is 3.71. The van der Waals surface area contributed by atoms with Gasteiger partial charge in [-0.2, -0.15) is 0 Å². The second-order valence-corrected chi connectivity index (χ2v) is 4.71. The Bertz CT molecular complexity index is 584. The highest BCUT2D eigenvalue weighted by molar-refractivity contribution is 7.10. The fourth-order valence-corrected chi connectivity index (χ4v) is 2.25. The van der Waals surface area contributed by atoms with Crippen LogP contribution in [0, 0.1) is 6.92 Å². The molecule has 0 radical (unpaired) electrons. The van der Waals surface area contributed by atoms with Crippen LogP contribution in [0.15, 0.2) is 28.2 Å². The highest BCUT2D eigenvalue weighted by Crippen LogP contribution is 2.15. The Kier molecular flexibility index (Phi) is 3.47. The van der Waals surface area contributed by atoms with Crippen LogP contribution in [0.4, 0.5) is 0 Å². The van der Waals surface area contributed by atoms with Crippen LogP contribution in [0.3, 0.4) is 0 Å². The van der Waals surface area contributed by atoms with Gasteiger partial charge in [-0.15, -0.1) is 11.3 Å². The van der Waals surface area contributed by atoms with Crippen LogP contribution in [0.1, 0.15) is 31.4 Å². The minimum Gasteiger partial charge on any atom is -0.478 e. The molecule has 0 aliphatic heterocycles. The van der Waals surface area contributed by atoms with Crippen LogP contribution in [-0.4, -0.2) is 17.0 Å². The van der Waals surface area contributed by atoms with Crippen LogP contribution in [0.5, 0.6) is 0 Å². The van der Waals surface area contributed by atoms with E-state index < -0.39 is 11.9 Å². The number of aromatic carboxylic acids is 1. The van der Waals surface area contributed by atoms with Crippen molar-refractivity contribution in [3.63, 3.8) is 0 Å². The number of rotatable bonds is 4. The summed E-state index contributed by atoms with van der Waals surface area (Å²) in [7, 11) is 0. The monoisotopic (exact) mass is 265 g/mol. The topological polar surface area (TPSA) is 79.5 Å². The van der Waals surface area contributed by atoms with E-state index in [0.29, 0.717) is 6.54 Å². The van der Waals surface area contributed by atoms with E-state index in [2.05, 4.69) is 5.32 Å². The molecule has 0 bridgehead atoms. The van der Waals surface area contributed by atoms with Crippen molar-refractivity contribution in [2.24, 2.45) is 0 Å². The van der Waals surface area contributed by atoms with Crippen LogP contribution in [0.25, 0.3) is 0 Å². The van der Waals surface area contributed by atoms with Gasteiger partial charge in [0.2, 0.25) is 0 Å². The molecule has 94 valence electrons. The predicted molar refractivity (Wildman–Crippen MR) is 65.9 cm³/mol. The Balaban J connectivity index is 1.99. The van der Waals surface area contributed by atoms with Gasteiger partial charge < -0.3 is 14.8 Å². The third-order valence-electron chi connectivity index (χ3n) is 2.45. The number of aryl methyl sites for hydroxylation is 1. The van der Waals surface area contributed by atoms with Crippen molar-refractivity contribution in [3.05, 3.63) is 45.5 Å². The molecule has 2 heterocycles. The standard InChI is InChI=1S/C12H11NO4S/c1-7-2-3-18-10(7)5-13-11(14)9-4-8(6-17-9)12(15)16/h2-4,6H,5H2,1H3,(H,13,14)(H,15,16). The number of carbonyl (C=O) groups excluding carboxylic acids is 1. The highest BCUT2D eigenvalue weighted by atomic mass is 32.1. The number of carboxylic acid groups (broad SMARTS) is 1. The molecule has 1 amide bonds. The Morgan fingerprint density at radius 2 is 2.28 bits per heavy atom. The van der Waals surface area contributed by atoms with Gasteiger partial charge in [0, 0.05) is 10.9 Å². The smallest absolute Gasteiger partial charge is 0.338 e. The van der Waals surface area contributed by atoms with Crippen molar-refractivity contribution in [3.8, 4) is 0 Å². The van der Waals surface area contributed by atoms with Gasteiger partial charge >= 0.3 is 5.97 Å². The maximum absolute atomic E-state index is 11.7. The Labute approximate surface area is 107 Å². The number of carboxylic acids is 1. The van der Waals surface area contributed by atoms with E-state index >= 15 is 0 Å². The molecule has 0 aliphatic rings. The average molecular weight is 265 g/mol. The molecule has 0 saturated carbocycles. The Morgan fingerprint density at radius 3 is 2.83 bits per heavy atom. The zero-order valence-corrected chi connectivity index (χ0v) is 10.4. The molecule has 0 saturated heterocycles. The summed E-state index contributed by atoms with van der Waals surface area (Å²) in [5.74, 6) is -1.54. The molecule has 2 aromatic rings. The van der Waals surface area contributed by atoms with E-state index in [-0.39, 0.29) is 11.3 Å². The largest absolute Gasteiger partial charge is 0.478 e. The molecule has 0 aliphatic carbocycles. The van der Waals surface area contributed by atoms with Crippen LogP contribution < -0.4 is 5.32 Å². The normalized spacial score (nSPS) is 10.3. The minimum absolute atomic E-state index is 0.00149. The van der Waals surface area contributed by atoms with Gasteiger partial charge in [0.1, 0.15) is 6.26 Å². The number of hydrogen-bond acceptors (Lipinski definition) is 4. The first-order chi connectivity index (χ1) is 8.58. The molecule has 0 spiro atoms. The number of furan rings is 1. The van der Waals surface area contributed by atoms with Crippen LogP contribution in [-0.2, 0) is 6.54 Å². The number of amides is 1. The zero-order valence-electron chi connectivity index (χ0n) is 9.60. The SMILES string of the molecule is Cc1ccsc1CNC(=O)c1cc(C(=O)O)co1. The third kappa shape index (κ3) is 2.60. The maximum atomic E-state index is 11.7. The van der Waals surface area contributed by atoms with Crippen LogP contribution >= 0.6 is 11.3 Å². The summed E-state index contributed by atoms with van der Waals surface area (Å²) in [5.41, 5.74) is 1.08. The lowest BCUT2D eigenvalue weighted by atomic mass is 10.3. The summed E-state index contributed by atoms with van der Waals surface area (Å²) in [5, 5.41) is 13.3. The number of nitrogens with one attached hydrogen (secondary N) is 1. The van der Waals surface area contributed by atoms with E-state index in [1.54, 1.807) is 11.3 Å². The van der Waals surface area contributed by atoms with Gasteiger partial charge in [-0.3, -0.25) is 4.79 Å². The lowest BCUT2D eigenvalue weighted by Crippen LogP contribution is -2.22. The fourth-order valence-electron chi connectivity index (χ4n) is 1.40. The van der Waals surface area contributed by atoms with E-state index in [1.807, 2.05) is 18.4 Å². The molecule has 2 rings (SSSR count). The summed E-state index contributed by atoms with van der Waals surface area (Å²) in [6, 6.07) is 3.18. The lowest BCUT2D eigenvalue weighted by molar-refractivity contribution is 0.0696. The van der Waals surface area contributed by atoms with Gasteiger partial charge in [0.15, 0.2) is 5.76 Å². The first-order valence-corrected chi connectivity index (χ1v) is 6.09. The van der Waals surface area contributed by atoms with Crippen molar-refractivity contribution in [2.45, 2.75) is 13.5 Å². The van der Waals surface area contributed by atoms with Gasteiger partial charge in [-0.05, 0) is 23.9 Å². The van der Waals surface area contributed by atoms with E-state index in [0.717, 1.165) is 16.7 Å². The van der Waals surface area contributed by atoms with Crippen molar-refractivity contribution < 1.29 is 19.1 Å². The average Bonchev–Trinajstić information content (AvgIpc) is 2.94. The molecule has 2 aromatic heterocycles. The first-order valence-electron chi connectivity index (χ1n) is 5.21. The van der Waals surface area contributed by atoms with Crippen molar-refractivity contribution in [1.82, 2.24) is 5.32 Å². The third-order valence-corrected chi connectivity index (χ3v) is 3.47. The van der Waals surface area contributed by atoms with Crippen molar-refractivity contribution in [1.29, 1.82) is 0 Å². The summed E-state index contributed by atoms with van der Waals surface area (Å²) < 4.78 is 4.90. The molecular weight excluding hydrogens is 254 g/mol. The van der Waals surface area contributed by atoms with Gasteiger partial charge in [-0.25, -0.2) is 4.79 Å². The molecule has 18 heavy (non-hydrogen) atoms. The molecule has 6 heteroatoms. The van der Waals surface area contributed by atoms with Crippen molar-refractivity contribution in [2.75, 3.05) is 0 Å². The first kappa shape index (κ1) is 12.4. The van der Waals surface area contributed by atoms with Gasteiger partial charge in [0.05, 0.1) is 12.1 Å². The lowest BCUT2D eigenvalue weighted by Gasteiger charge is -2.01. The Morgan fingerprint density at radius 1 is 1.50 bits per heavy atom. The molecule has 0 fully saturated rings. The van der Waals surface area contributed by atoms with Gasteiger partial charge in [-0.1, -0.05) is 0 Å². The Hall–Kier alpha value is -2.08. The molecule has 2 N–H and O–H groups in total. The number of thiophene rings is 1. The predicted octanol–water partition coefficient (Wildman–Crippen LogP) is 2.28. The summed E-state index contributed by atoms with van der Waals surface area (Å²) in [6.45, 7) is 2.37. The van der Waals surface area contributed by atoms with E-state index in [9.17, 15) is 9.59 Å².